The van der Waals surface area contributed by atoms with Crippen molar-refractivity contribution in [3.05, 3.63) is 40.4 Å². The number of imidazole rings is 1. The number of hydrogen-bond acceptors (Lipinski definition) is 2. The number of nitrogens with zero attached hydrogens (tertiary/aromatic N) is 2. The molecule has 1 heterocycles. The van der Waals surface area contributed by atoms with Crippen molar-refractivity contribution < 1.29 is 0 Å². The zero-order valence-corrected chi connectivity index (χ0v) is 11.0. The molecule has 3 nitrogen and oxygen atoms in total. The van der Waals surface area contributed by atoms with Gasteiger partial charge in [-0.05, 0) is 18.6 Å². The van der Waals surface area contributed by atoms with Crippen molar-refractivity contribution in [1.82, 2.24) is 9.55 Å². The number of anilines is 1. The van der Waals surface area contributed by atoms with Crippen LogP contribution in [0.25, 0.3) is 5.69 Å². The number of nitrogens with two attached hydrogens (primary N) is 1. The molecule has 17 heavy (non-hydrogen) atoms. The first kappa shape index (κ1) is 12.3. The molecule has 0 saturated carbocycles. The smallest absolute Gasteiger partial charge is 0.113 e. The van der Waals surface area contributed by atoms with Gasteiger partial charge in [0.15, 0.2) is 0 Å². The molecule has 2 rings (SSSR count). The fraction of sp³-hybridized carbons (Fsp3) is 0.250. The number of rotatable bonds is 3. The predicted octanol–water partition coefficient (Wildman–Crippen LogP) is 3.71. The third-order valence-electron chi connectivity index (χ3n) is 2.52. The molecule has 90 valence electrons. The van der Waals surface area contributed by atoms with Crippen LogP contribution in [0.3, 0.4) is 0 Å². The predicted molar refractivity (Wildman–Crippen MR) is 72.0 cm³/mol. The minimum atomic E-state index is 0.463. The second-order valence-corrected chi connectivity index (χ2v) is 4.60. The molecule has 1 aromatic carbocycles. The van der Waals surface area contributed by atoms with E-state index in [9.17, 15) is 0 Å². The minimum absolute atomic E-state index is 0.463. The van der Waals surface area contributed by atoms with Gasteiger partial charge in [-0.2, -0.15) is 0 Å². The molecule has 2 N–H and O–H groups in total. The highest BCUT2D eigenvalue weighted by Crippen LogP contribution is 2.30. The molecule has 0 amide bonds. The second kappa shape index (κ2) is 4.98. The van der Waals surface area contributed by atoms with Crippen LogP contribution in [0, 0.1) is 0 Å². The van der Waals surface area contributed by atoms with Crippen molar-refractivity contribution >= 4 is 28.9 Å². The Morgan fingerprint density at radius 3 is 2.71 bits per heavy atom. The number of nitrogen functional groups attached to an aromatic ring is 1. The molecule has 1 aromatic heterocycles. The lowest BCUT2D eigenvalue weighted by molar-refractivity contribution is 0.810. The van der Waals surface area contributed by atoms with E-state index < -0.39 is 0 Å². The molecule has 0 bridgehead atoms. The summed E-state index contributed by atoms with van der Waals surface area (Å²) in [5, 5.41) is 0.956. The van der Waals surface area contributed by atoms with Crippen LogP contribution >= 0.6 is 23.2 Å². The zero-order chi connectivity index (χ0) is 12.4. The first-order valence-electron chi connectivity index (χ1n) is 5.40. The Morgan fingerprint density at radius 2 is 2.00 bits per heavy atom. The van der Waals surface area contributed by atoms with E-state index in [2.05, 4.69) is 11.9 Å². The van der Waals surface area contributed by atoms with Gasteiger partial charge in [0.1, 0.15) is 5.82 Å². The van der Waals surface area contributed by atoms with Gasteiger partial charge in [0, 0.05) is 18.8 Å². The summed E-state index contributed by atoms with van der Waals surface area (Å²) in [5.74, 6) is 0.970. The monoisotopic (exact) mass is 269 g/mol. The molecule has 0 radical (unpaired) electrons. The van der Waals surface area contributed by atoms with E-state index in [0.717, 1.165) is 24.4 Å². The molecule has 0 atom stereocenters. The van der Waals surface area contributed by atoms with Crippen LogP contribution in [-0.4, -0.2) is 9.55 Å². The van der Waals surface area contributed by atoms with E-state index in [-0.39, 0.29) is 0 Å². The Balaban J connectivity index is 2.52. The van der Waals surface area contributed by atoms with Gasteiger partial charge in [-0.25, -0.2) is 4.98 Å². The van der Waals surface area contributed by atoms with Crippen LogP contribution in [0.5, 0.6) is 0 Å². The molecule has 0 fully saturated rings. The summed E-state index contributed by atoms with van der Waals surface area (Å²) in [4.78, 5) is 4.31. The van der Waals surface area contributed by atoms with E-state index in [1.165, 1.54) is 0 Å². The zero-order valence-electron chi connectivity index (χ0n) is 9.45. The molecular formula is C12H13Cl2N3. The molecule has 0 aliphatic rings. The summed E-state index contributed by atoms with van der Waals surface area (Å²) >= 11 is 11.9. The molecular weight excluding hydrogens is 257 g/mol. The average molecular weight is 270 g/mol. The van der Waals surface area contributed by atoms with Crippen molar-refractivity contribution in [1.29, 1.82) is 0 Å². The van der Waals surface area contributed by atoms with Gasteiger partial charge in [-0.1, -0.05) is 30.1 Å². The number of halogens is 2. The normalized spacial score (nSPS) is 10.8. The van der Waals surface area contributed by atoms with Crippen molar-refractivity contribution in [2.24, 2.45) is 0 Å². The lowest BCUT2D eigenvalue weighted by atomic mass is 10.2. The Bertz CT molecular complexity index is 535. The van der Waals surface area contributed by atoms with Gasteiger partial charge >= 0.3 is 0 Å². The maximum Gasteiger partial charge on any atom is 0.113 e. The third kappa shape index (κ3) is 2.40. The Hall–Kier alpha value is -1.19. The summed E-state index contributed by atoms with van der Waals surface area (Å²) in [7, 11) is 0. The molecule has 2 aromatic rings. The molecule has 0 aliphatic carbocycles. The molecule has 5 heteroatoms. The minimum Gasteiger partial charge on any atom is -0.397 e. The summed E-state index contributed by atoms with van der Waals surface area (Å²) in [6.45, 7) is 2.11. The van der Waals surface area contributed by atoms with Crippen molar-refractivity contribution in [2.75, 3.05) is 5.73 Å². The number of hydrogen-bond donors (Lipinski definition) is 1. The van der Waals surface area contributed by atoms with E-state index in [4.69, 9.17) is 28.9 Å². The van der Waals surface area contributed by atoms with Gasteiger partial charge in [0.25, 0.3) is 0 Å². The van der Waals surface area contributed by atoms with Crippen molar-refractivity contribution in [2.45, 2.75) is 19.8 Å². The Morgan fingerprint density at radius 1 is 1.29 bits per heavy atom. The second-order valence-electron chi connectivity index (χ2n) is 3.79. The van der Waals surface area contributed by atoms with E-state index in [0.29, 0.717) is 15.7 Å². The summed E-state index contributed by atoms with van der Waals surface area (Å²) in [5.41, 5.74) is 7.37. The van der Waals surface area contributed by atoms with Gasteiger partial charge in [-0.3, -0.25) is 0 Å². The largest absolute Gasteiger partial charge is 0.397 e. The van der Waals surface area contributed by atoms with Crippen LogP contribution in [0.1, 0.15) is 19.2 Å². The summed E-state index contributed by atoms with van der Waals surface area (Å²) < 4.78 is 1.95. The Labute approximate surface area is 110 Å². The third-order valence-corrected chi connectivity index (χ3v) is 3.24. The molecule has 0 aliphatic heterocycles. The van der Waals surface area contributed by atoms with Gasteiger partial charge in [0.2, 0.25) is 0 Å². The lowest BCUT2D eigenvalue weighted by Crippen LogP contribution is -2.03. The quantitative estimate of drug-likeness (QED) is 0.864. The van der Waals surface area contributed by atoms with Crippen LogP contribution < -0.4 is 5.73 Å². The average Bonchev–Trinajstić information content (AvgIpc) is 2.72. The molecule has 0 saturated heterocycles. The van der Waals surface area contributed by atoms with Crippen molar-refractivity contribution in [3.63, 3.8) is 0 Å². The Kier molecular flexibility index (Phi) is 3.60. The van der Waals surface area contributed by atoms with Crippen molar-refractivity contribution in [3.8, 4) is 5.69 Å². The fourth-order valence-electron chi connectivity index (χ4n) is 1.72. The van der Waals surface area contributed by atoms with Gasteiger partial charge < -0.3 is 10.3 Å². The number of benzene rings is 1. The molecule has 0 unspecified atom stereocenters. The van der Waals surface area contributed by atoms with E-state index in [1.807, 2.05) is 10.8 Å². The SMILES string of the molecule is CCCc1nccn1-c1cc(Cl)c(Cl)cc1N. The van der Waals surface area contributed by atoms with Gasteiger partial charge in [0.05, 0.1) is 21.4 Å². The molecule has 0 spiro atoms. The topological polar surface area (TPSA) is 43.8 Å². The lowest BCUT2D eigenvalue weighted by Gasteiger charge is -2.11. The van der Waals surface area contributed by atoms with Gasteiger partial charge in [-0.15, -0.1) is 0 Å². The standard InChI is InChI=1S/C12H13Cl2N3/c1-2-3-12-16-4-5-17(12)11-7-9(14)8(13)6-10(11)15/h4-7H,2-3,15H2,1H3. The van der Waals surface area contributed by atoms with Crippen LogP contribution in [0.2, 0.25) is 10.0 Å². The number of aromatic nitrogens is 2. The summed E-state index contributed by atoms with van der Waals surface area (Å²) in [6, 6.07) is 3.43. The van der Waals surface area contributed by atoms with E-state index >= 15 is 0 Å². The highest BCUT2D eigenvalue weighted by molar-refractivity contribution is 6.42. The highest BCUT2D eigenvalue weighted by atomic mass is 35.5. The van der Waals surface area contributed by atoms with Crippen LogP contribution in [0.15, 0.2) is 24.5 Å². The summed E-state index contributed by atoms with van der Waals surface area (Å²) in [6.07, 6.45) is 5.55. The number of aryl methyl sites for hydroxylation is 1. The maximum absolute atomic E-state index is 6.01. The van der Waals surface area contributed by atoms with E-state index in [1.54, 1.807) is 18.3 Å². The maximum atomic E-state index is 6.01. The fourth-order valence-corrected chi connectivity index (χ4v) is 2.05. The highest BCUT2D eigenvalue weighted by Gasteiger charge is 2.10. The van der Waals surface area contributed by atoms with Crippen LogP contribution in [0.4, 0.5) is 5.69 Å². The van der Waals surface area contributed by atoms with Crippen LogP contribution in [-0.2, 0) is 6.42 Å². The first-order chi connectivity index (χ1) is 8.13. The first-order valence-corrected chi connectivity index (χ1v) is 6.16.